The highest BCUT2D eigenvalue weighted by molar-refractivity contribution is 5.73. The maximum absolute atomic E-state index is 11.9. The Morgan fingerprint density at radius 1 is 1.39 bits per heavy atom. The lowest BCUT2D eigenvalue weighted by atomic mass is 9.94. The molecule has 18 heavy (non-hydrogen) atoms. The van der Waals surface area contributed by atoms with E-state index in [9.17, 15) is 4.79 Å². The van der Waals surface area contributed by atoms with Crippen molar-refractivity contribution in [3.05, 3.63) is 34.9 Å². The number of hydrogen-bond donors (Lipinski definition) is 1. The molecule has 0 atom stereocenters. The van der Waals surface area contributed by atoms with Crippen molar-refractivity contribution in [2.45, 2.75) is 45.8 Å². The average molecular weight is 247 g/mol. The minimum atomic E-state index is -0.409. The van der Waals surface area contributed by atoms with Crippen molar-refractivity contribution in [1.29, 1.82) is 0 Å². The van der Waals surface area contributed by atoms with E-state index in [4.69, 9.17) is 4.74 Å². The standard InChI is InChI=1S/C15H21NO2/c1-15(2,3)18-14(17)9-11-5-4-6-12-10-16-8-7-13(11)12/h4-6,16H,7-10H2,1-3H3. The molecule has 3 heteroatoms. The highest BCUT2D eigenvalue weighted by atomic mass is 16.6. The van der Waals surface area contributed by atoms with Crippen LogP contribution in [0.25, 0.3) is 0 Å². The maximum Gasteiger partial charge on any atom is 0.310 e. The summed E-state index contributed by atoms with van der Waals surface area (Å²) in [6, 6.07) is 6.18. The second kappa shape index (κ2) is 5.11. The van der Waals surface area contributed by atoms with E-state index < -0.39 is 5.60 Å². The summed E-state index contributed by atoms with van der Waals surface area (Å²) >= 11 is 0. The highest BCUT2D eigenvalue weighted by Gasteiger charge is 2.19. The zero-order valence-corrected chi connectivity index (χ0v) is 11.4. The molecule has 0 radical (unpaired) electrons. The predicted molar refractivity (Wildman–Crippen MR) is 71.4 cm³/mol. The Labute approximate surface area is 109 Å². The molecule has 0 spiro atoms. The fourth-order valence-electron chi connectivity index (χ4n) is 2.31. The van der Waals surface area contributed by atoms with Crippen molar-refractivity contribution in [3.8, 4) is 0 Å². The van der Waals surface area contributed by atoms with Crippen LogP contribution in [0.5, 0.6) is 0 Å². The molecular formula is C15H21NO2. The van der Waals surface area contributed by atoms with Crippen LogP contribution in [0.1, 0.15) is 37.5 Å². The van der Waals surface area contributed by atoms with Gasteiger partial charge in [-0.25, -0.2) is 0 Å². The second-order valence-corrected chi connectivity index (χ2v) is 5.74. The summed E-state index contributed by atoms with van der Waals surface area (Å²) in [4.78, 5) is 11.9. The van der Waals surface area contributed by atoms with Crippen LogP contribution in [-0.2, 0) is 28.9 Å². The molecule has 1 aromatic carbocycles. The number of hydrogen-bond acceptors (Lipinski definition) is 3. The van der Waals surface area contributed by atoms with Gasteiger partial charge in [0.25, 0.3) is 0 Å². The number of rotatable bonds is 2. The van der Waals surface area contributed by atoms with Crippen molar-refractivity contribution in [2.24, 2.45) is 0 Å². The van der Waals surface area contributed by atoms with Crippen LogP contribution in [0.2, 0.25) is 0 Å². The van der Waals surface area contributed by atoms with Gasteiger partial charge in [-0.1, -0.05) is 18.2 Å². The topological polar surface area (TPSA) is 38.3 Å². The van der Waals surface area contributed by atoms with Crippen molar-refractivity contribution in [1.82, 2.24) is 5.32 Å². The fourth-order valence-corrected chi connectivity index (χ4v) is 2.31. The summed E-state index contributed by atoms with van der Waals surface area (Å²) in [5, 5.41) is 3.34. The first-order valence-corrected chi connectivity index (χ1v) is 6.48. The second-order valence-electron chi connectivity index (χ2n) is 5.74. The van der Waals surface area contributed by atoms with E-state index in [-0.39, 0.29) is 5.97 Å². The predicted octanol–water partition coefficient (Wildman–Crippen LogP) is 2.22. The molecule has 0 saturated heterocycles. The molecule has 2 rings (SSSR count). The van der Waals surface area contributed by atoms with E-state index in [1.54, 1.807) is 0 Å². The first-order chi connectivity index (χ1) is 8.46. The highest BCUT2D eigenvalue weighted by Crippen LogP contribution is 2.20. The first-order valence-electron chi connectivity index (χ1n) is 6.48. The third-order valence-electron chi connectivity index (χ3n) is 2.99. The van der Waals surface area contributed by atoms with Gasteiger partial charge < -0.3 is 10.1 Å². The molecule has 0 unspecified atom stereocenters. The summed E-state index contributed by atoms with van der Waals surface area (Å²) < 4.78 is 5.38. The zero-order chi connectivity index (χ0) is 13.2. The van der Waals surface area contributed by atoms with Gasteiger partial charge in [-0.05, 0) is 50.4 Å². The van der Waals surface area contributed by atoms with Crippen molar-refractivity contribution in [3.63, 3.8) is 0 Å². The van der Waals surface area contributed by atoms with Crippen LogP contribution < -0.4 is 5.32 Å². The number of carbonyl (C=O) groups is 1. The Morgan fingerprint density at radius 2 is 2.17 bits per heavy atom. The molecule has 3 nitrogen and oxygen atoms in total. The van der Waals surface area contributed by atoms with Crippen LogP contribution in [0.15, 0.2) is 18.2 Å². The minimum Gasteiger partial charge on any atom is -0.460 e. The Morgan fingerprint density at radius 3 is 2.89 bits per heavy atom. The van der Waals surface area contributed by atoms with E-state index in [1.165, 1.54) is 11.1 Å². The lowest BCUT2D eigenvalue weighted by Gasteiger charge is -2.22. The Hall–Kier alpha value is -1.35. The summed E-state index contributed by atoms with van der Waals surface area (Å²) in [5.41, 5.74) is 3.33. The van der Waals surface area contributed by atoms with Gasteiger partial charge in [0.2, 0.25) is 0 Å². The van der Waals surface area contributed by atoms with Crippen LogP contribution in [0.3, 0.4) is 0 Å². The molecule has 0 amide bonds. The number of nitrogens with one attached hydrogen (secondary N) is 1. The molecule has 1 heterocycles. The van der Waals surface area contributed by atoms with Gasteiger partial charge in [-0.15, -0.1) is 0 Å². The molecule has 0 saturated carbocycles. The van der Waals surface area contributed by atoms with Gasteiger partial charge in [0, 0.05) is 6.54 Å². The van der Waals surface area contributed by atoms with Crippen LogP contribution in [0.4, 0.5) is 0 Å². The molecule has 1 aromatic rings. The zero-order valence-electron chi connectivity index (χ0n) is 11.4. The van der Waals surface area contributed by atoms with Crippen LogP contribution >= 0.6 is 0 Å². The molecule has 1 aliphatic heterocycles. The molecule has 1 aliphatic rings. The van der Waals surface area contributed by atoms with E-state index in [0.717, 1.165) is 25.1 Å². The third kappa shape index (κ3) is 3.33. The summed E-state index contributed by atoms with van der Waals surface area (Å²) in [7, 11) is 0. The monoisotopic (exact) mass is 247 g/mol. The number of carbonyl (C=O) groups excluding carboxylic acids is 1. The molecular weight excluding hydrogens is 226 g/mol. The molecule has 0 aromatic heterocycles. The van der Waals surface area contributed by atoms with E-state index in [2.05, 4.69) is 11.4 Å². The fraction of sp³-hybridized carbons (Fsp3) is 0.533. The van der Waals surface area contributed by atoms with Gasteiger partial charge in [-0.3, -0.25) is 4.79 Å². The number of esters is 1. The smallest absolute Gasteiger partial charge is 0.310 e. The van der Waals surface area contributed by atoms with Gasteiger partial charge in [0.05, 0.1) is 6.42 Å². The average Bonchev–Trinajstić information content (AvgIpc) is 2.27. The summed E-state index contributed by atoms with van der Waals surface area (Å²) in [6.45, 7) is 7.58. The van der Waals surface area contributed by atoms with Crippen LogP contribution in [-0.4, -0.2) is 18.1 Å². The largest absolute Gasteiger partial charge is 0.460 e. The van der Waals surface area contributed by atoms with Crippen molar-refractivity contribution in [2.75, 3.05) is 6.54 Å². The molecule has 1 N–H and O–H groups in total. The normalized spacial score (nSPS) is 15.1. The summed E-state index contributed by atoms with van der Waals surface area (Å²) in [5.74, 6) is -0.144. The number of ether oxygens (including phenoxy) is 1. The number of fused-ring (bicyclic) bond motifs is 1. The Bertz CT molecular complexity index is 446. The first kappa shape index (κ1) is 13.1. The lowest BCUT2D eigenvalue weighted by molar-refractivity contribution is -0.153. The minimum absolute atomic E-state index is 0.144. The Kier molecular flexibility index (Phi) is 3.71. The molecule has 0 bridgehead atoms. The van der Waals surface area contributed by atoms with Crippen LogP contribution in [0, 0.1) is 0 Å². The van der Waals surface area contributed by atoms with Gasteiger partial charge in [0.1, 0.15) is 5.60 Å². The van der Waals surface area contributed by atoms with E-state index in [0.29, 0.717) is 6.42 Å². The van der Waals surface area contributed by atoms with Gasteiger partial charge >= 0.3 is 5.97 Å². The molecule has 0 aliphatic carbocycles. The maximum atomic E-state index is 11.9. The molecule has 0 fully saturated rings. The number of benzene rings is 1. The lowest BCUT2D eigenvalue weighted by Crippen LogP contribution is -2.27. The van der Waals surface area contributed by atoms with Gasteiger partial charge in [-0.2, -0.15) is 0 Å². The van der Waals surface area contributed by atoms with E-state index >= 15 is 0 Å². The SMILES string of the molecule is CC(C)(C)OC(=O)Cc1cccc2c1CCNC2. The third-order valence-corrected chi connectivity index (χ3v) is 2.99. The quantitative estimate of drug-likeness (QED) is 0.814. The van der Waals surface area contributed by atoms with Gasteiger partial charge in [0.15, 0.2) is 0 Å². The summed E-state index contributed by atoms with van der Waals surface area (Å²) in [6.07, 6.45) is 1.37. The van der Waals surface area contributed by atoms with Crippen molar-refractivity contribution < 1.29 is 9.53 Å². The molecule has 98 valence electrons. The van der Waals surface area contributed by atoms with E-state index in [1.807, 2.05) is 32.9 Å². The van der Waals surface area contributed by atoms with Crippen molar-refractivity contribution >= 4 is 5.97 Å². The Balaban J connectivity index is 2.12.